The molecule has 2 saturated heterocycles. The summed E-state index contributed by atoms with van der Waals surface area (Å²) in [5, 5.41) is 0. The fourth-order valence-electron chi connectivity index (χ4n) is 3.84. The van der Waals surface area contributed by atoms with Crippen LogP contribution in [-0.4, -0.2) is 45.7 Å². The van der Waals surface area contributed by atoms with Crippen LogP contribution in [0.3, 0.4) is 0 Å². The van der Waals surface area contributed by atoms with Gasteiger partial charge in [-0.3, -0.25) is 18.7 Å². The van der Waals surface area contributed by atoms with Crippen LogP contribution in [0, 0.1) is 5.41 Å². The van der Waals surface area contributed by atoms with Crippen molar-refractivity contribution in [2.24, 2.45) is 12.5 Å². The largest absolute Gasteiger partial charge is 0.381 e. The summed E-state index contributed by atoms with van der Waals surface area (Å²) in [5.41, 5.74) is -0.671. The summed E-state index contributed by atoms with van der Waals surface area (Å²) in [6, 6.07) is 1.46. The highest BCUT2D eigenvalue weighted by atomic mass is 16.5. The molecule has 1 aromatic rings. The molecular weight excluding hydrogens is 298 g/mol. The third-order valence-electron chi connectivity index (χ3n) is 5.58. The fraction of sp³-hybridized carbons (Fsp3) is 0.688. The van der Waals surface area contributed by atoms with E-state index >= 15 is 0 Å². The zero-order valence-electron chi connectivity index (χ0n) is 13.7. The topological polar surface area (TPSA) is 73.5 Å². The first-order valence-electron chi connectivity index (χ1n) is 8.08. The second-order valence-electron chi connectivity index (χ2n) is 6.61. The number of hydrogen-bond acceptors (Lipinski definition) is 4. The molecule has 0 aromatic carbocycles. The van der Waals surface area contributed by atoms with Crippen LogP contribution in [-0.2, 0) is 23.1 Å². The van der Waals surface area contributed by atoms with Gasteiger partial charge in [-0.05, 0) is 31.6 Å². The molecular formula is C16H23N3O4. The molecule has 7 nitrogen and oxygen atoms in total. The van der Waals surface area contributed by atoms with Crippen molar-refractivity contribution >= 4 is 5.91 Å². The number of carbonyl (C=O) groups excluding carboxylic acids is 1. The maximum atomic E-state index is 12.6. The minimum Gasteiger partial charge on any atom is -0.381 e. The second-order valence-corrected chi connectivity index (χ2v) is 6.61. The molecule has 0 saturated carbocycles. The summed E-state index contributed by atoms with van der Waals surface area (Å²) in [6.45, 7) is 4.31. The van der Waals surface area contributed by atoms with Crippen molar-refractivity contribution < 1.29 is 9.53 Å². The lowest BCUT2D eigenvalue weighted by Gasteiger charge is -2.38. The van der Waals surface area contributed by atoms with Crippen molar-refractivity contribution in [2.75, 3.05) is 19.8 Å². The van der Waals surface area contributed by atoms with Crippen molar-refractivity contribution in [3.8, 4) is 0 Å². The molecule has 2 fully saturated rings. The van der Waals surface area contributed by atoms with Gasteiger partial charge in [-0.25, -0.2) is 4.79 Å². The molecule has 1 aromatic heterocycles. The fourth-order valence-corrected chi connectivity index (χ4v) is 3.84. The molecule has 1 atom stereocenters. The SMILES string of the molecule is CC1N(C(=O)Cn2ccc(=O)n(C)c2=O)CCC12CCOCC2. The summed E-state index contributed by atoms with van der Waals surface area (Å²) in [7, 11) is 1.42. The molecule has 126 valence electrons. The highest BCUT2D eigenvalue weighted by Crippen LogP contribution is 2.44. The number of amides is 1. The van der Waals surface area contributed by atoms with Gasteiger partial charge < -0.3 is 9.64 Å². The van der Waals surface area contributed by atoms with Gasteiger partial charge in [0, 0.05) is 45.1 Å². The Morgan fingerprint density at radius 2 is 2.00 bits per heavy atom. The van der Waals surface area contributed by atoms with Crippen LogP contribution < -0.4 is 11.2 Å². The van der Waals surface area contributed by atoms with Crippen LogP contribution >= 0.6 is 0 Å². The van der Waals surface area contributed by atoms with E-state index in [1.807, 2.05) is 4.90 Å². The third-order valence-corrected chi connectivity index (χ3v) is 5.58. The Morgan fingerprint density at radius 1 is 1.30 bits per heavy atom. The predicted octanol–water partition coefficient (Wildman–Crippen LogP) is -0.0354. The normalized spacial score (nSPS) is 23.4. The molecule has 3 heterocycles. The average molecular weight is 321 g/mol. The highest BCUT2D eigenvalue weighted by molar-refractivity contribution is 5.76. The number of rotatable bonds is 2. The number of aromatic nitrogens is 2. The highest BCUT2D eigenvalue weighted by Gasteiger charge is 2.46. The molecule has 1 amide bonds. The zero-order valence-corrected chi connectivity index (χ0v) is 13.7. The minimum absolute atomic E-state index is 0.0239. The standard InChI is InChI=1S/C16H23N3O4/c1-12-16(5-9-23-10-6-16)4-8-19(12)14(21)11-18-7-3-13(20)17(2)15(18)22/h3,7,12H,4-6,8-11H2,1-2H3. The van der Waals surface area contributed by atoms with Crippen molar-refractivity contribution in [1.29, 1.82) is 0 Å². The Balaban J connectivity index is 1.76. The zero-order chi connectivity index (χ0) is 16.6. The van der Waals surface area contributed by atoms with E-state index in [1.54, 1.807) is 0 Å². The van der Waals surface area contributed by atoms with E-state index in [2.05, 4.69) is 6.92 Å². The maximum absolute atomic E-state index is 12.6. The van der Waals surface area contributed by atoms with E-state index in [-0.39, 0.29) is 29.5 Å². The number of ether oxygens (including phenoxy) is 1. The van der Waals surface area contributed by atoms with Gasteiger partial charge in [-0.15, -0.1) is 0 Å². The van der Waals surface area contributed by atoms with Crippen LogP contribution in [0.4, 0.5) is 0 Å². The lowest BCUT2D eigenvalue weighted by Crippen LogP contribution is -2.46. The van der Waals surface area contributed by atoms with E-state index < -0.39 is 5.69 Å². The minimum atomic E-state index is -0.460. The van der Waals surface area contributed by atoms with Gasteiger partial charge in [0.15, 0.2) is 0 Å². The van der Waals surface area contributed by atoms with Crippen molar-refractivity contribution in [2.45, 2.75) is 38.8 Å². The Morgan fingerprint density at radius 3 is 2.70 bits per heavy atom. The summed E-state index contributed by atoms with van der Waals surface area (Å²) in [4.78, 5) is 38.0. The number of hydrogen-bond donors (Lipinski definition) is 0. The van der Waals surface area contributed by atoms with E-state index in [9.17, 15) is 14.4 Å². The molecule has 2 aliphatic rings. The summed E-state index contributed by atoms with van der Waals surface area (Å²) < 4.78 is 7.77. The molecule has 0 aliphatic carbocycles. The predicted molar refractivity (Wildman–Crippen MR) is 84.2 cm³/mol. The summed E-state index contributed by atoms with van der Waals surface area (Å²) in [6.07, 6.45) is 4.36. The molecule has 23 heavy (non-hydrogen) atoms. The first-order valence-corrected chi connectivity index (χ1v) is 8.08. The van der Waals surface area contributed by atoms with Gasteiger partial charge in [-0.1, -0.05) is 0 Å². The first-order chi connectivity index (χ1) is 10.9. The number of nitrogens with zero attached hydrogens (tertiary/aromatic N) is 3. The Kier molecular flexibility index (Phi) is 4.14. The van der Waals surface area contributed by atoms with Crippen molar-refractivity contribution in [1.82, 2.24) is 14.0 Å². The molecule has 0 N–H and O–H groups in total. The van der Waals surface area contributed by atoms with Gasteiger partial charge in [0.05, 0.1) is 0 Å². The van der Waals surface area contributed by atoms with Crippen LogP contribution in [0.15, 0.2) is 21.9 Å². The monoisotopic (exact) mass is 321 g/mol. The van der Waals surface area contributed by atoms with E-state index in [0.717, 1.165) is 43.6 Å². The quantitative estimate of drug-likeness (QED) is 0.766. The average Bonchev–Trinajstić information content (AvgIpc) is 2.85. The van der Waals surface area contributed by atoms with Gasteiger partial charge >= 0.3 is 5.69 Å². The Labute approximate surface area is 134 Å². The Bertz CT molecular complexity index is 715. The molecule has 1 spiro atoms. The molecule has 3 rings (SSSR count). The molecule has 2 aliphatic heterocycles. The second kappa shape index (κ2) is 5.96. The number of carbonyl (C=O) groups is 1. The van der Waals surface area contributed by atoms with Gasteiger partial charge in [0.1, 0.15) is 6.54 Å². The van der Waals surface area contributed by atoms with Crippen LogP contribution in [0.2, 0.25) is 0 Å². The Hall–Kier alpha value is -1.89. The van der Waals surface area contributed by atoms with Crippen molar-refractivity contribution in [3.63, 3.8) is 0 Å². The smallest absolute Gasteiger partial charge is 0.331 e. The molecule has 0 radical (unpaired) electrons. The van der Waals surface area contributed by atoms with Crippen LogP contribution in [0.25, 0.3) is 0 Å². The van der Waals surface area contributed by atoms with Gasteiger partial charge in [0.2, 0.25) is 5.91 Å². The molecule has 7 heteroatoms. The maximum Gasteiger partial charge on any atom is 0.331 e. The van der Waals surface area contributed by atoms with Gasteiger partial charge in [0.25, 0.3) is 5.56 Å². The summed E-state index contributed by atoms with van der Waals surface area (Å²) in [5.74, 6) is -0.0679. The lowest BCUT2D eigenvalue weighted by atomic mass is 9.74. The third kappa shape index (κ3) is 2.73. The summed E-state index contributed by atoms with van der Waals surface area (Å²) >= 11 is 0. The molecule has 0 bridgehead atoms. The van der Waals surface area contributed by atoms with Crippen LogP contribution in [0.5, 0.6) is 0 Å². The van der Waals surface area contributed by atoms with Crippen LogP contribution in [0.1, 0.15) is 26.2 Å². The van der Waals surface area contributed by atoms with E-state index in [4.69, 9.17) is 4.74 Å². The molecule has 1 unspecified atom stereocenters. The van der Waals surface area contributed by atoms with E-state index in [0.29, 0.717) is 0 Å². The van der Waals surface area contributed by atoms with Crippen molar-refractivity contribution in [3.05, 3.63) is 33.1 Å². The first kappa shape index (κ1) is 16.0. The van der Waals surface area contributed by atoms with E-state index in [1.165, 1.54) is 23.9 Å². The number of likely N-dealkylation sites (tertiary alicyclic amines) is 1. The lowest BCUT2D eigenvalue weighted by molar-refractivity contribution is -0.134. The van der Waals surface area contributed by atoms with Gasteiger partial charge in [-0.2, -0.15) is 0 Å².